The van der Waals surface area contributed by atoms with Crippen molar-refractivity contribution in [1.29, 1.82) is 0 Å². The number of carbonyl (C=O) groups is 3. The second-order valence-corrected chi connectivity index (χ2v) is 15.1. The molecule has 0 bridgehead atoms. The number of piperidine rings is 2. The molecule has 3 saturated heterocycles. The lowest BCUT2D eigenvalue weighted by molar-refractivity contribution is -0.136. The zero-order valence-corrected chi connectivity index (χ0v) is 29.2. The molecular weight excluding hydrogens is 626 g/mol. The summed E-state index contributed by atoms with van der Waals surface area (Å²) in [6.07, 6.45) is 6.46. The maximum Gasteiger partial charge on any atom is 0.255 e. The molecule has 3 aromatic rings. The van der Waals surface area contributed by atoms with E-state index >= 15 is 0 Å². The number of aryl methyl sites for hydroxylation is 1. The lowest BCUT2D eigenvalue weighted by atomic mass is 9.71. The number of hydrogen-bond donors (Lipinski definition) is 2. The molecule has 0 radical (unpaired) electrons. The molecule has 5 aliphatic rings. The van der Waals surface area contributed by atoms with Crippen LogP contribution in [0.25, 0.3) is 0 Å². The summed E-state index contributed by atoms with van der Waals surface area (Å²) in [6, 6.07) is 20.8. The molecule has 1 aliphatic carbocycles. The highest BCUT2D eigenvalue weighted by Gasteiger charge is 2.39. The quantitative estimate of drug-likeness (QED) is 0.329. The summed E-state index contributed by atoms with van der Waals surface area (Å²) >= 11 is 0. The van der Waals surface area contributed by atoms with Crippen LogP contribution in [0.2, 0.25) is 0 Å². The number of piperazine rings is 1. The van der Waals surface area contributed by atoms with Gasteiger partial charge in [0.25, 0.3) is 5.91 Å². The van der Waals surface area contributed by atoms with Gasteiger partial charge in [-0.05, 0) is 109 Å². The number of carbonyl (C=O) groups excluding carboxylic acids is 3. The van der Waals surface area contributed by atoms with Crippen LogP contribution in [0.15, 0.2) is 60.7 Å². The van der Waals surface area contributed by atoms with Gasteiger partial charge in [-0.1, -0.05) is 31.5 Å². The predicted octanol–water partition coefficient (Wildman–Crippen LogP) is 5.30. The van der Waals surface area contributed by atoms with E-state index in [-0.39, 0.29) is 24.1 Å². The molecular formula is C41H49N5O4. The first-order valence-electron chi connectivity index (χ1n) is 18.8. The number of fused-ring (bicyclic) bond motifs is 2. The van der Waals surface area contributed by atoms with Crippen molar-refractivity contribution in [2.45, 2.75) is 70.4 Å². The highest BCUT2D eigenvalue weighted by atomic mass is 16.3. The number of phenols is 1. The van der Waals surface area contributed by atoms with Crippen LogP contribution in [0.3, 0.4) is 0 Å². The summed E-state index contributed by atoms with van der Waals surface area (Å²) in [4.78, 5) is 46.4. The molecule has 4 heterocycles. The van der Waals surface area contributed by atoms with Gasteiger partial charge in [-0.25, -0.2) is 0 Å². The topological polar surface area (TPSA) is 96.4 Å². The van der Waals surface area contributed by atoms with E-state index in [1.54, 1.807) is 4.90 Å². The van der Waals surface area contributed by atoms with Gasteiger partial charge in [0.15, 0.2) is 0 Å². The molecule has 262 valence electrons. The van der Waals surface area contributed by atoms with Crippen molar-refractivity contribution in [2.24, 2.45) is 11.8 Å². The molecule has 9 nitrogen and oxygen atoms in total. The van der Waals surface area contributed by atoms with Crippen molar-refractivity contribution in [1.82, 2.24) is 15.1 Å². The van der Waals surface area contributed by atoms with Crippen LogP contribution >= 0.6 is 0 Å². The second kappa shape index (κ2) is 13.7. The van der Waals surface area contributed by atoms with Crippen LogP contribution in [0, 0.1) is 11.8 Å². The normalized spacial score (nSPS) is 24.7. The van der Waals surface area contributed by atoms with Crippen LogP contribution in [0.4, 0.5) is 11.4 Å². The van der Waals surface area contributed by atoms with E-state index in [9.17, 15) is 19.5 Å². The van der Waals surface area contributed by atoms with Crippen molar-refractivity contribution in [2.75, 3.05) is 55.6 Å². The van der Waals surface area contributed by atoms with Crippen molar-refractivity contribution in [3.8, 4) is 5.75 Å². The molecule has 8 rings (SSSR count). The van der Waals surface area contributed by atoms with E-state index in [0.717, 1.165) is 63.5 Å². The molecule has 3 aromatic carbocycles. The van der Waals surface area contributed by atoms with Gasteiger partial charge < -0.3 is 19.8 Å². The van der Waals surface area contributed by atoms with Gasteiger partial charge >= 0.3 is 0 Å². The smallest absolute Gasteiger partial charge is 0.255 e. The fraction of sp³-hybridized carbons (Fsp3) is 0.488. The first-order chi connectivity index (χ1) is 24.3. The van der Waals surface area contributed by atoms with Crippen LogP contribution in [0.1, 0.15) is 84.0 Å². The standard InChI is InChI=1S/C41H49N5O4/c1-2-28-3-4-30-24-34(47)10-12-35(30)39(28)29-5-7-32(8-6-29)44-17-15-27(16-18-44)25-43-19-21-45(22-20-43)33-9-11-36-31(23-33)26-46(41(36)50)37-13-14-38(48)42-40(37)49/h5-12,23-24,27-28,37,39,47H,2-4,13-22,25-26H2,1H3,(H,42,48,49)/t28-,37?,39+/m1/s1. The number of nitrogens with zero attached hydrogens (tertiary/aromatic N) is 4. The minimum atomic E-state index is -0.580. The van der Waals surface area contributed by atoms with Crippen molar-refractivity contribution >= 4 is 29.1 Å². The first kappa shape index (κ1) is 32.8. The van der Waals surface area contributed by atoms with Gasteiger partial charge in [-0.15, -0.1) is 0 Å². The Morgan fingerprint density at radius 1 is 0.760 bits per heavy atom. The molecule has 9 heteroatoms. The molecule has 0 saturated carbocycles. The number of rotatable bonds is 7. The van der Waals surface area contributed by atoms with Gasteiger partial charge in [0.2, 0.25) is 11.8 Å². The molecule has 2 N–H and O–H groups in total. The third-order valence-electron chi connectivity index (χ3n) is 12.2. The van der Waals surface area contributed by atoms with Gasteiger partial charge in [0.1, 0.15) is 11.8 Å². The SMILES string of the molecule is CC[C@@H]1CCc2cc(O)ccc2[C@@H]1c1ccc(N2CCC(CN3CCN(c4ccc5c(c4)CN(C4CCC(=O)NC4=O)C5=O)CC3)CC2)cc1. The Morgan fingerprint density at radius 3 is 2.24 bits per heavy atom. The number of aromatic hydroxyl groups is 1. The van der Waals surface area contributed by atoms with Crippen LogP contribution in [-0.4, -0.2) is 84.5 Å². The number of benzene rings is 3. The monoisotopic (exact) mass is 675 g/mol. The fourth-order valence-electron chi connectivity index (χ4n) is 9.34. The van der Waals surface area contributed by atoms with Gasteiger partial charge in [-0.3, -0.25) is 24.6 Å². The summed E-state index contributed by atoms with van der Waals surface area (Å²) in [5.74, 6) is 1.36. The van der Waals surface area contributed by atoms with E-state index in [0.29, 0.717) is 42.0 Å². The summed E-state index contributed by atoms with van der Waals surface area (Å²) in [5, 5.41) is 12.4. The largest absolute Gasteiger partial charge is 0.508 e. The van der Waals surface area contributed by atoms with Crippen LogP contribution in [0.5, 0.6) is 5.75 Å². The molecule has 3 amide bonds. The van der Waals surface area contributed by atoms with E-state index in [1.807, 2.05) is 24.3 Å². The molecule has 3 atom stereocenters. The summed E-state index contributed by atoms with van der Waals surface area (Å²) in [6.45, 7) is 10.0. The number of phenolic OH excluding ortho intramolecular Hbond substituents is 1. The minimum absolute atomic E-state index is 0.118. The number of amides is 3. The number of anilines is 2. The van der Waals surface area contributed by atoms with E-state index in [4.69, 9.17) is 0 Å². The van der Waals surface area contributed by atoms with Crippen LogP contribution in [-0.2, 0) is 22.6 Å². The molecule has 1 unspecified atom stereocenters. The lowest BCUT2D eigenvalue weighted by Crippen LogP contribution is -2.52. The Hall–Kier alpha value is -4.37. The average molecular weight is 676 g/mol. The maximum absolute atomic E-state index is 13.1. The molecule has 0 spiro atoms. The Balaban J connectivity index is 0.820. The van der Waals surface area contributed by atoms with Crippen LogP contribution < -0.4 is 15.1 Å². The molecule has 3 fully saturated rings. The van der Waals surface area contributed by atoms with E-state index in [1.165, 1.54) is 48.1 Å². The molecule has 50 heavy (non-hydrogen) atoms. The fourth-order valence-corrected chi connectivity index (χ4v) is 9.34. The van der Waals surface area contributed by atoms with Gasteiger partial charge in [0, 0.05) is 81.6 Å². The zero-order chi connectivity index (χ0) is 34.4. The van der Waals surface area contributed by atoms with Gasteiger partial charge in [-0.2, -0.15) is 0 Å². The minimum Gasteiger partial charge on any atom is -0.508 e. The second-order valence-electron chi connectivity index (χ2n) is 15.1. The summed E-state index contributed by atoms with van der Waals surface area (Å²) < 4.78 is 0. The third-order valence-corrected chi connectivity index (χ3v) is 12.2. The Kier molecular flexibility index (Phi) is 9.02. The first-order valence-corrected chi connectivity index (χ1v) is 18.8. The predicted molar refractivity (Wildman–Crippen MR) is 195 cm³/mol. The van der Waals surface area contributed by atoms with Gasteiger partial charge in [0.05, 0.1) is 0 Å². The number of imide groups is 1. The summed E-state index contributed by atoms with van der Waals surface area (Å²) in [7, 11) is 0. The van der Waals surface area contributed by atoms with Crippen molar-refractivity contribution in [3.05, 3.63) is 88.5 Å². The summed E-state index contributed by atoms with van der Waals surface area (Å²) in [5.41, 5.74) is 8.17. The number of nitrogens with one attached hydrogen (secondary N) is 1. The van der Waals surface area contributed by atoms with E-state index in [2.05, 4.69) is 63.3 Å². The Morgan fingerprint density at radius 2 is 1.50 bits per heavy atom. The lowest BCUT2D eigenvalue weighted by Gasteiger charge is -2.40. The van der Waals surface area contributed by atoms with Crippen molar-refractivity contribution < 1.29 is 19.5 Å². The third kappa shape index (κ3) is 6.36. The average Bonchev–Trinajstić information content (AvgIpc) is 3.46. The maximum atomic E-state index is 13.1. The molecule has 0 aromatic heterocycles. The van der Waals surface area contributed by atoms with E-state index < -0.39 is 6.04 Å². The number of hydrogen-bond acceptors (Lipinski definition) is 7. The Labute approximate surface area is 295 Å². The molecule has 4 aliphatic heterocycles. The van der Waals surface area contributed by atoms with Crippen molar-refractivity contribution in [3.63, 3.8) is 0 Å². The zero-order valence-electron chi connectivity index (χ0n) is 29.2. The highest BCUT2D eigenvalue weighted by Crippen LogP contribution is 2.44. The highest BCUT2D eigenvalue weighted by molar-refractivity contribution is 6.05. The Bertz CT molecular complexity index is 1760.